The summed E-state index contributed by atoms with van der Waals surface area (Å²) in [5, 5.41) is 0.451. The van der Waals surface area contributed by atoms with Gasteiger partial charge in [0, 0.05) is 5.38 Å². The first kappa shape index (κ1) is 4.45. The second kappa shape index (κ2) is 1.42. The molecule has 0 nitrogen and oxygen atoms in total. The van der Waals surface area contributed by atoms with Crippen LogP contribution in [0.2, 0.25) is 0 Å². The lowest BCUT2D eigenvalue weighted by molar-refractivity contribution is 0.393. The van der Waals surface area contributed by atoms with Gasteiger partial charge in [0.2, 0.25) is 0 Å². The summed E-state index contributed by atoms with van der Waals surface area (Å²) in [7, 11) is 0. The van der Waals surface area contributed by atoms with Crippen molar-refractivity contribution < 1.29 is 0 Å². The van der Waals surface area contributed by atoms with Crippen LogP contribution in [0, 0.1) is 12.8 Å². The average Bonchev–Trinajstić information content (AvgIpc) is 1.33. The molecule has 1 radical (unpaired) electrons. The van der Waals surface area contributed by atoms with Gasteiger partial charge in [-0.25, -0.2) is 0 Å². The van der Waals surface area contributed by atoms with Gasteiger partial charge in [-0.1, -0.05) is 6.92 Å². The molecular formula is C5H8Cl. The molecule has 1 fully saturated rings. The zero-order valence-corrected chi connectivity index (χ0v) is 4.41. The Labute approximate surface area is 43.5 Å². The van der Waals surface area contributed by atoms with Crippen LogP contribution in [0.25, 0.3) is 0 Å². The minimum atomic E-state index is 0.451. The molecule has 35 valence electrons. The second-order valence-corrected chi connectivity index (χ2v) is 2.55. The van der Waals surface area contributed by atoms with Gasteiger partial charge in [-0.05, 0) is 18.8 Å². The lowest BCUT2D eigenvalue weighted by Crippen LogP contribution is -2.20. The third-order valence-electron chi connectivity index (χ3n) is 1.18. The van der Waals surface area contributed by atoms with E-state index in [0.717, 1.165) is 12.8 Å². The number of halogens is 1. The normalized spacial score (nSPS) is 45.0. The molecule has 6 heavy (non-hydrogen) atoms. The fourth-order valence-corrected chi connectivity index (χ4v) is 1.16. The monoisotopic (exact) mass is 103 g/mol. The van der Waals surface area contributed by atoms with E-state index in [1.807, 2.05) is 0 Å². The lowest BCUT2D eigenvalue weighted by Gasteiger charge is -2.26. The summed E-state index contributed by atoms with van der Waals surface area (Å²) in [6, 6.07) is 0. The summed E-state index contributed by atoms with van der Waals surface area (Å²) in [4.78, 5) is 0. The molecule has 1 rings (SSSR count). The third kappa shape index (κ3) is 0.676. The summed E-state index contributed by atoms with van der Waals surface area (Å²) < 4.78 is 0. The molecule has 0 aliphatic heterocycles. The largest absolute Gasteiger partial charge is 0.123 e. The van der Waals surface area contributed by atoms with Crippen molar-refractivity contribution in [2.75, 3.05) is 0 Å². The Hall–Kier alpha value is 0.290. The SMILES string of the molecule is [CH2]C1CC(Cl)C1. The zero-order valence-electron chi connectivity index (χ0n) is 3.65. The van der Waals surface area contributed by atoms with Gasteiger partial charge in [0.05, 0.1) is 0 Å². The first-order valence-corrected chi connectivity index (χ1v) is 2.70. The molecule has 0 aromatic rings. The molecule has 0 saturated heterocycles. The molecule has 0 aromatic heterocycles. The van der Waals surface area contributed by atoms with Crippen molar-refractivity contribution >= 4 is 11.6 Å². The van der Waals surface area contributed by atoms with Crippen LogP contribution in [0.5, 0.6) is 0 Å². The number of rotatable bonds is 0. The Bertz CT molecular complexity index is 39.9. The van der Waals surface area contributed by atoms with Gasteiger partial charge in [0.1, 0.15) is 0 Å². The van der Waals surface area contributed by atoms with E-state index in [9.17, 15) is 0 Å². The van der Waals surface area contributed by atoms with Crippen molar-refractivity contribution in [3.63, 3.8) is 0 Å². The van der Waals surface area contributed by atoms with Crippen LogP contribution in [0.1, 0.15) is 12.8 Å². The fourth-order valence-electron chi connectivity index (χ4n) is 0.654. The molecule has 0 bridgehead atoms. The second-order valence-electron chi connectivity index (χ2n) is 1.93. The minimum absolute atomic E-state index is 0.451. The maximum absolute atomic E-state index is 5.60. The van der Waals surface area contributed by atoms with Crippen LogP contribution >= 0.6 is 11.6 Å². The summed E-state index contributed by atoms with van der Waals surface area (Å²) >= 11 is 5.60. The smallest absolute Gasteiger partial charge is 0.0341 e. The Morgan fingerprint density at radius 1 is 1.50 bits per heavy atom. The van der Waals surface area contributed by atoms with Gasteiger partial charge in [-0.2, -0.15) is 0 Å². The average molecular weight is 104 g/mol. The molecular weight excluding hydrogens is 95.5 g/mol. The van der Waals surface area contributed by atoms with Gasteiger partial charge in [0.25, 0.3) is 0 Å². The van der Waals surface area contributed by atoms with Gasteiger partial charge in [0.15, 0.2) is 0 Å². The van der Waals surface area contributed by atoms with E-state index >= 15 is 0 Å². The summed E-state index contributed by atoms with van der Waals surface area (Å²) in [6.07, 6.45) is 2.25. The molecule has 0 heterocycles. The van der Waals surface area contributed by atoms with Crippen LogP contribution in [-0.2, 0) is 0 Å². The minimum Gasteiger partial charge on any atom is -0.123 e. The number of hydrogen-bond acceptors (Lipinski definition) is 0. The van der Waals surface area contributed by atoms with Crippen molar-refractivity contribution in [3.8, 4) is 0 Å². The predicted octanol–water partition coefficient (Wildman–Crippen LogP) is 1.84. The Balaban J connectivity index is 2.11. The summed E-state index contributed by atoms with van der Waals surface area (Å²) in [5.41, 5.74) is 0. The highest BCUT2D eigenvalue weighted by Crippen LogP contribution is 2.30. The molecule has 1 saturated carbocycles. The molecule has 0 spiro atoms. The summed E-state index contributed by atoms with van der Waals surface area (Å²) in [5.74, 6) is 0.660. The molecule has 0 amide bonds. The quantitative estimate of drug-likeness (QED) is 0.411. The molecule has 1 heteroatoms. The number of hydrogen-bond donors (Lipinski definition) is 0. The van der Waals surface area contributed by atoms with Crippen molar-refractivity contribution in [2.45, 2.75) is 18.2 Å². The van der Waals surface area contributed by atoms with Crippen molar-refractivity contribution in [1.82, 2.24) is 0 Å². The summed E-state index contributed by atoms with van der Waals surface area (Å²) in [6.45, 7) is 3.81. The first-order valence-electron chi connectivity index (χ1n) is 2.26. The van der Waals surface area contributed by atoms with Crippen molar-refractivity contribution in [1.29, 1.82) is 0 Å². The molecule has 0 atom stereocenters. The van der Waals surface area contributed by atoms with Gasteiger partial charge in [-0.15, -0.1) is 11.6 Å². The number of alkyl halides is 1. The molecule has 0 aromatic carbocycles. The Morgan fingerprint density at radius 3 is 2.00 bits per heavy atom. The van der Waals surface area contributed by atoms with E-state index in [0.29, 0.717) is 11.3 Å². The third-order valence-corrected chi connectivity index (χ3v) is 1.53. The van der Waals surface area contributed by atoms with Crippen LogP contribution in [0.15, 0.2) is 0 Å². The van der Waals surface area contributed by atoms with E-state index in [1.54, 1.807) is 0 Å². The molecule has 0 N–H and O–H groups in total. The highest BCUT2D eigenvalue weighted by Gasteiger charge is 2.22. The zero-order chi connectivity index (χ0) is 4.57. The fraction of sp³-hybridized carbons (Fsp3) is 0.800. The topological polar surface area (TPSA) is 0 Å². The van der Waals surface area contributed by atoms with Crippen LogP contribution in [0.4, 0.5) is 0 Å². The standard InChI is InChI=1S/C5H8Cl/c1-4-2-5(6)3-4/h4-5H,1-3H2. The predicted molar refractivity (Wildman–Crippen MR) is 27.7 cm³/mol. The van der Waals surface area contributed by atoms with Gasteiger partial charge < -0.3 is 0 Å². The van der Waals surface area contributed by atoms with Crippen molar-refractivity contribution in [3.05, 3.63) is 6.92 Å². The lowest BCUT2D eigenvalue weighted by atomic mass is 9.87. The van der Waals surface area contributed by atoms with Crippen LogP contribution in [0.3, 0.4) is 0 Å². The maximum atomic E-state index is 5.60. The maximum Gasteiger partial charge on any atom is 0.0341 e. The van der Waals surface area contributed by atoms with E-state index in [2.05, 4.69) is 6.92 Å². The molecule has 0 unspecified atom stereocenters. The van der Waals surface area contributed by atoms with Gasteiger partial charge >= 0.3 is 0 Å². The van der Waals surface area contributed by atoms with Crippen LogP contribution < -0.4 is 0 Å². The van der Waals surface area contributed by atoms with Gasteiger partial charge in [-0.3, -0.25) is 0 Å². The highest BCUT2D eigenvalue weighted by molar-refractivity contribution is 6.21. The van der Waals surface area contributed by atoms with Crippen molar-refractivity contribution in [2.24, 2.45) is 5.92 Å². The highest BCUT2D eigenvalue weighted by atomic mass is 35.5. The van der Waals surface area contributed by atoms with E-state index < -0.39 is 0 Å². The van der Waals surface area contributed by atoms with E-state index in [4.69, 9.17) is 11.6 Å². The Kier molecular flexibility index (Phi) is 1.05. The van der Waals surface area contributed by atoms with E-state index in [1.165, 1.54) is 0 Å². The Morgan fingerprint density at radius 2 is 2.00 bits per heavy atom. The van der Waals surface area contributed by atoms with Crippen LogP contribution in [-0.4, -0.2) is 5.38 Å². The molecule has 1 aliphatic rings. The van der Waals surface area contributed by atoms with E-state index in [-0.39, 0.29) is 0 Å². The first-order chi connectivity index (χ1) is 2.79. The molecule has 1 aliphatic carbocycles.